The van der Waals surface area contributed by atoms with E-state index < -0.39 is 6.09 Å². The third kappa shape index (κ3) is 3.88. The summed E-state index contributed by atoms with van der Waals surface area (Å²) in [5.74, 6) is 0. The highest BCUT2D eigenvalue weighted by molar-refractivity contribution is 5.79. The number of fused-ring (bicyclic) bond motifs is 1. The van der Waals surface area contributed by atoms with Crippen LogP contribution in [0.15, 0.2) is 35.6 Å². The SMILES string of the molecule is C=C(C)n1c(=O)n(CCCCCCN(C)C(=O)O)c2ccccc21. The molecular weight excluding hydrogens is 306 g/mol. The van der Waals surface area contributed by atoms with Gasteiger partial charge in [0.05, 0.1) is 11.0 Å². The van der Waals surface area contributed by atoms with Gasteiger partial charge in [-0.25, -0.2) is 9.59 Å². The predicted molar refractivity (Wildman–Crippen MR) is 96.3 cm³/mol. The Labute approximate surface area is 141 Å². The summed E-state index contributed by atoms with van der Waals surface area (Å²) < 4.78 is 3.45. The minimum Gasteiger partial charge on any atom is -0.465 e. The lowest BCUT2D eigenvalue weighted by atomic mass is 10.2. The van der Waals surface area contributed by atoms with Crippen LogP contribution in [0.3, 0.4) is 0 Å². The van der Waals surface area contributed by atoms with Crippen molar-refractivity contribution in [3.05, 3.63) is 41.3 Å². The van der Waals surface area contributed by atoms with Crippen molar-refractivity contribution in [1.82, 2.24) is 14.0 Å². The van der Waals surface area contributed by atoms with Crippen molar-refractivity contribution < 1.29 is 9.90 Å². The molecule has 0 saturated heterocycles. The van der Waals surface area contributed by atoms with Crippen molar-refractivity contribution in [1.29, 1.82) is 0 Å². The maximum atomic E-state index is 12.6. The molecule has 1 N–H and O–H groups in total. The lowest BCUT2D eigenvalue weighted by Gasteiger charge is -2.12. The molecule has 1 aromatic carbocycles. The zero-order valence-corrected chi connectivity index (χ0v) is 14.4. The molecule has 1 aromatic heterocycles. The molecule has 24 heavy (non-hydrogen) atoms. The van der Waals surface area contributed by atoms with Crippen LogP contribution in [0.4, 0.5) is 4.79 Å². The van der Waals surface area contributed by atoms with Crippen molar-refractivity contribution >= 4 is 22.8 Å². The van der Waals surface area contributed by atoms with Gasteiger partial charge >= 0.3 is 11.8 Å². The second-order valence-electron chi connectivity index (χ2n) is 6.11. The fourth-order valence-corrected chi connectivity index (χ4v) is 2.86. The summed E-state index contributed by atoms with van der Waals surface area (Å²) in [6.07, 6.45) is 2.75. The summed E-state index contributed by atoms with van der Waals surface area (Å²) in [4.78, 5) is 24.6. The quantitative estimate of drug-likeness (QED) is 0.753. The molecule has 0 aliphatic heterocycles. The zero-order valence-electron chi connectivity index (χ0n) is 14.4. The van der Waals surface area contributed by atoms with Crippen LogP contribution in [0.5, 0.6) is 0 Å². The number of benzene rings is 1. The highest BCUT2D eigenvalue weighted by Crippen LogP contribution is 2.16. The number of nitrogens with zero attached hydrogens (tertiary/aromatic N) is 3. The molecular formula is C18H25N3O3. The highest BCUT2D eigenvalue weighted by atomic mass is 16.4. The van der Waals surface area contributed by atoms with Crippen LogP contribution in [0.1, 0.15) is 32.6 Å². The maximum absolute atomic E-state index is 12.6. The lowest BCUT2D eigenvalue weighted by Crippen LogP contribution is -2.25. The molecule has 0 radical (unpaired) electrons. The predicted octanol–water partition coefficient (Wildman–Crippen LogP) is 3.46. The molecule has 130 valence electrons. The first-order chi connectivity index (χ1) is 11.4. The van der Waals surface area contributed by atoms with Gasteiger partial charge in [0.15, 0.2) is 0 Å². The van der Waals surface area contributed by atoms with Crippen molar-refractivity contribution in [2.24, 2.45) is 0 Å². The fraction of sp³-hybridized carbons (Fsp3) is 0.444. The molecule has 0 bridgehead atoms. The van der Waals surface area contributed by atoms with Gasteiger partial charge in [-0.1, -0.05) is 31.6 Å². The number of imidazole rings is 1. The third-order valence-electron chi connectivity index (χ3n) is 4.17. The summed E-state index contributed by atoms with van der Waals surface area (Å²) in [5.41, 5.74) is 2.48. The van der Waals surface area contributed by atoms with Gasteiger partial charge in [0.25, 0.3) is 0 Å². The minimum atomic E-state index is -0.894. The van der Waals surface area contributed by atoms with Crippen molar-refractivity contribution in [2.75, 3.05) is 13.6 Å². The zero-order chi connectivity index (χ0) is 17.7. The number of hydrogen-bond donors (Lipinski definition) is 1. The molecule has 0 aliphatic rings. The Kier molecular flexibility index (Phi) is 5.84. The largest absolute Gasteiger partial charge is 0.465 e. The van der Waals surface area contributed by atoms with E-state index in [2.05, 4.69) is 6.58 Å². The van der Waals surface area contributed by atoms with Crippen molar-refractivity contribution in [3.8, 4) is 0 Å². The van der Waals surface area contributed by atoms with E-state index >= 15 is 0 Å². The van der Waals surface area contributed by atoms with Gasteiger partial charge < -0.3 is 10.0 Å². The third-order valence-corrected chi connectivity index (χ3v) is 4.17. The number of rotatable bonds is 8. The number of unbranched alkanes of at least 4 members (excludes halogenated alkanes) is 3. The van der Waals surface area contributed by atoms with Gasteiger partial charge in [0.1, 0.15) is 0 Å². The smallest absolute Gasteiger partial charge is 0.407 e. The van der Waals surface area contributed by atoms with Crippen LogP contribution >= 0.6 is 0 Å². The molecule has 0 spiro atoms. The molecule has 0 saturated carbocycles. The number of hydrogen-bond acceptors (Lipinski definition) is 2. The number of para-hydroxylation sites is 2. The van der Waals surface area contributed by atoms with Crippen LogP contribution < -0.4 is 5.69 Å². The number of carbonyl (C=O) groups is 1. The van der Waals surface area contributed by atoms with Crippen LogP contribution in [-0.2, 0) is 6.54 Å². The monoisotopic (exact) mass is 331 g/mol. The number of allylic oxidation sites excluding steroid dienone is 1. The van der Waals surface area contributed by atoms with Crippen molar-refractivity contribution in [3.63, 3.8) is 0 Å². The number of aromatic nitrogens is 2. The van der Waals surface area contributed by atoms with Gasteiger partial charge in [0, 0.05) is 25.8 Å². The molecule has 6 heteroatoms. The van der Waals surface area contributed by atoms with Crippen LogP contribution in [0.2, 0.25) is 0 Å². The Hall–Kier alpha value is -2.50. The second kappa shape index (κ2) is 7.86. The van der Waals surface area contributed by atoms with Gasteiger partial charge in [-0.2, -0.15) is 0 Å². The lowest BCUT2D eigenvalue weighted by molar-refractivity contribution is 0.155. The fourth-order valence-electron chi connectivity index (χ4n) is 2.86. The van der Waals surface area contributed by atoms with Gasteiger partial charge in [-0.05, 0) is 31.9 Å². The van der Waals surface area contributed by atoms with Crippen LogP contribution in [0, 0.1) is 0 Å². The molecule has 0 atom stereocenters. The average Bonchev–Trinajstić information content (AvgIpc) is 2.82. The Morgan fingerprint density at radius 1 is 1.17 bits per heavy atom. The maximum Gasteiger partial charge on any atom is 0.407 e. The first kappa shape index (κ1) is 17.8. The van der Waals surface area contributed by atoms with E-state index in [1.54, 1.807) is 16.2 Å². The van der Waals surface area contributed by atoms with E-state index in [9.17, 15) is 9.59 Å². The van der Waals surface area contributed by atoms with Gasteiger partial charge in [0.2, 0.25) is 0 Å². The Morgan fingerprint density at radius 3 is 2.42 bits per heavy atom. The number of carboxylic acid groups (broad SMARTS) is 1. The Morgan fingerprint density at radius 2 is 1.79 bits per heavy atom. The van der Waals surface area contributed by atoms with E-state index in [4.69, 9.17) is 5.11 Å². The number of amides is 1. The molecule has 2 aromatic rings. The van der Waals surface area contributed by atoms with E-state index in [1.165, 1.54) is 4.90 Å². The first-order valence-electron chi connectivity index (χ1n) is 8.23. The highest BCUT2D eigenvalue weighted by Gasteiger charge is 2.12. The van der Waals surface area contributed by atoms with E-state index in [0.29, 0.717) is 18.8 Å². The average molecular weight is 331 g/mol. The molecule has 1 heterocycles. The number of aryl methyl sites for hydroxylation is 1. The first-order valence-corrected chi connectivity index (χ1v) is 8.23. The Balaban J connectivity index is 1.96. The van der Waals surface area contributed by atoms with Crippen LogP contribution in [-0.4, -0.2) is 38.8 Å². The van der Waals surface area contributed by atoms with Crippen molar-refractivity contribution in [2.45, 2.75) is 39.2 Å². The molecule has 1 amide bonds. The summed E-state index contributed by atoms with van der Waals surface area (Å²) in [6.45, 7) is 6.94. The summed E-state index contributed by atoms with van der Waals surface area (Å²) in [6, 6.07) is 7.74. The normalized spacial score (nSPS) is 10.9. The summed E-state index contributed by atoms with van der Waals surface area (Å²) in [7, 11) is 1.58. The molecule has 0 fully saturated rings. The second-order valence-corrected chi connectivity index (χ2v) is 6.11. The van der Waals surface area contributed by atoms with Gasteiger partial charge in [-0.15, -0.1) is 0 Å². The van der Waals surface area contributed by atoms with E-state index in [-0.39, 0.29) is 5.69 Å². The molecule has 0 unspecified atom stereocenters. The molecule has 0 aliphatic carbocycles. The minimum absolute atomic E-state index is 0.0469. The Bertz CT molecular complexity index is 788. The van der Waals surface area contributed by atoms with Gasteiger partial charge in [-0.3, -0.25) is 9.13 Å². The standard InChI is InChI=1S/C18H25N3O3/c1-14(2)21-16-11-7-6-10-15(16)20(17(21)22)13-9-5-4-8-12-19(3)18(23)24/h6-7,10-11H,1,4-5,8-9,12-13H2,2-3H3,(H,23,24). The van der Waals surface area contributed by atoms with Crippen LogP contribution in [0.25, 0.3) is 16.7 Å². The summed E-state index contributed by atoms with van der Waals surface area (Å²) >= 11 is 0. The van der Waals surface area contributed by atoms with E-state index in [1.807, 2.05) is 31.2 Å². The topological polar surface area (TPSA) is 67.5 Å². The molecule has 2 rings (SSSR count). The van der Waals surface area contributed by atoms with E-state index in [0.717, 1.165) is 36.7 Å². The summed E-state index contributed by atoms with van der Waals surface area (Å²) in [5, 5.41) is 8.79. The molecule has 6 nitrogen and oxygen atoms in total.